The Morgan fingerprint density at radius 1 is 1.18 bits per heavy atom. The largest absolute Gasteiger partial charge is 0.433 e. The highest BCUT2D eigenvalue weighted by Crippen LogP contribution is 2.49. The molecule has 34 heavy (non-hydrogen) atoms. The third-order valence-corrected chi connectivity index (χ3v) is 7.83. The summed E-state index contributed by atoms with van der Waals surface area (Å²) in [6.45, 7) is 2.35. The van der Waals surface area contributed by atoms with Gasteiger partial charge in [0.1, 0.15) is 22.1 Å². The number of aromatic nitrogens is 4. The van der Waals surface area contributed by atoms with Crippen molar-refractivity contribution in [2.24, 2.45) is 23.7 Å². The lowest BCUT2D eigenvalue weighted by molar-refractivity contribution is -0.401. The fraction of sp³-hybridized carbons (Fsp3) is 0.400. The number of aromatic amines is 1. The highest BCUT2D eigenvalue weighted by atomic mass is 19.1. The van der Waals surface area contributed by atoms with Crippen LogP contribution in [-0.4, -0.2) is 24.9 Å². The van der Waals surface area contributed by atoms with E-state index in [1.807, 2.05) is 6.07 Å². The predicted molar refractivity (Wildman–Crippen MR) is 123 cm³/mol. The molecule has 2 unspecified atom stereocenters. The van der Waals surface area contributed by atoms with Crippen molar-refractivity contribution in [3.8, 4) is 22.8 Å². The number of halogens is 1. The van der Waals surface area contributed by atoms with Crippen molar-refractivity contribution in [2.75, 3.05) is 0 Å². The molecule has 3 aliphatic rings. The summed E-state index contributed by atoms with van der Waals surface area (Å²) in [4.78, 5) is 27.3. The molecule has 1 N–H and O–H groups in total. The van der Waals surface area contributed by atoms with Crippen LogP contribution in [-0.2, 0) is 6.42 Å². The monoisotopic (exact) mass is 461 g/mol. The molecule has 9 heteroatoms. The predicted octanol–water partition coefficient (Wildman–Crippen LogP) is 5.94. The Balaban J connectivity index is 1.45. The molecule has 4 aromatic rings. The van der Waals surface area contributed by atoms with Gasteiger partial charge in [0.05, 0.1) is 12.3 Å². The number of nitro groups is 1. The number of hydrogen-bond donors (Lipinski definition) is 1. The molecule has 0 radical (unpaired) electrons. The molecule has 0 spiro atoms. The van der Waals surface area contributed by atoms with Gasteiger partial charge in [-0.3, -0.25) is 10.1 Å². The van der Waals surface area contributed by atoms with Crippen molar-refractivity contribution in [1.29, 1.82) is 0 Å². The van der Waals surface area contributed by atoms with Crippen molar-refractivity contribution in [1.82, 2.24) is 19.9 Å². The van der Waals surface area contributed by atoms with Crippen molar-refractivity contribution in [2.45, 2.75) is 39.0 Å². The minimum Gasteiger partial charge on any atom is -0.399 e. The summed E-state index contributed by atoms with van der Waals surface area (Å²) in [5.74, 6) is 2.57. The fourth-order valence-corrected chi connectivity index (χ4v) is 6.05. The number of nitrogens with zero attached hydrogens (tertiary/aromatic N) is 4. The molecule has 4 aromatic heterocycles. The van der Waals surface area contributed by atoms with E-state index in [0.29, 0.717) is 51.6 Å². The second-order valence-corrected chi connectivity index (χ2v) is 9.62. The maximum Gasteiger partial charge on any atom is 0.433 e. The molecule has 2 atom stereocenters. The van der Waals surface area contributed by atoms with Crippen LogP contribution in [0.5, 0.6) is 0 Å². The van der Waals surface area contributed by atoms with Gasteiger partial charge >= 0.3 is 5.88 Å². The van der Waals surface area contributed by atoms with E-state index in [2.05, 4.69) is 21.9 Å². The standard InChI is InChI=1S/C25H24FN5O3/c1-13-14-2-4-15(5-3-14)18(13)9-17-10-21(22-6-7-23(34-22)31(32)33)30-25(29-17)20-12-28-24-19(20)8-16(26)11-27-24/h6-8,10-15,18H,2-5,9H2,1H3,(H,27,28). The first kappa shape index (κ1) is 20.9. The van der Waals surface area contributed by atoms with E-state index in [-0.39, 0.29) is 5.88 Å². The zero-order valence-corrected chi connectivity index (χ0v) is 18.7. The van der Waals surface area contributed by atoms with Gasteiger partial charge < -0.3 is 9.40 Å². The number of pyridine rings is 1. The number of rotatable bonds is 5. The molecule has 0 amide bonds. The Hall–Kier alpha value is -3.62. The van der Waals surface area contributed by atoms with Crippen LogP contribution >= 0.6 is 0 Å². The molecule has 4 heterocycles. The molecule has 8 nitrogen and oxygen atoms in total. The molecule has 0 aliphatic heterocycles. The first-order valence-corrected chi connectivity index (χ1v) is 11.7. The SMILES string of the molecule is CC1C2CCC(CC2)C1Cc1cc(-c2ccc([N+](=O)[O-])o2)nc(-c2c[nH]c3ncc(F)cc23)n1. The molecule has 3 fully saturated rings. The number of fused-ring (bicyclic) bond motifs is 4. The molecule has 3 saturated carbocycles. The molecule has 0 aromatic carbocycles. The Morgan fingerprint density at radius 2 is 1.97 bits per heavy atom. The second-order valence-electron chi connectivity index (χ2n) is 9.62. The van der Waals surface area contributed by atoms with E-state index in [0.717, 1.165) is 24.2 Å². The van der Waals surface area contributed by atoms with E-state index in [1.54, 1.807) is 12.3 Å². The lowest BCUT2D eigenvalue weighted by Crippen LogP contribution is -2.39. The summed E-state index contributed by atoms with van der Waals surface area (Å²) in [7, 11) is 0. The van der Waals surface area contributed by atoms with Crippen molar-refractivity contribution >= 4 is 16.9 Å². The molecular formula is C25H24FN5O3. The zero-order valence-electron chi connectivity index (χ0n) is 18.7. The van der Waals surface area contributed by atoms with E-state index < -0.39 is 10.7 Å². The average Bonchev–Trinajstić information content (AvgIpc) is 3.49. The van der Waals surface area contributed by atoms with Gasteiger partial charge in [-0.05, 0) is 74.0 Å². The van der Waals surface area contributed by atoms with Gasteiger partial charge in [0, 0.05) is 22.8 Å². The normalized spacial score (nSPS) is 24.1. The van der Waals surface area contributed by atoms with Gasteiger partial charge in [-0.15, -0.1) is 0 Å². The molecule has 3 aliphatic carbocycles. The molecule has 0 saturated heterocycles. The minimum atomic E-state index is -0.568. The molecule has 2 bridgehead atoms. The summed E-state index contributed by atoms with van der Waals surface area (Å²) in [6.07, 6.45) is 8.84. The fourth-order valence-electron chi connectivity index (χ4n) is 6.05. The van der Waals surface area contributed by atoms with Crippen molar-refractivity contribution in [3.63, 3.8) is 0 Å². The van der Waals surface area contributed by atoms with Crippen LogP contribution in [0.3, 0.4) is 0 Å². The first-order valence-electron chi connectivity index (χ1n) is 11.7. The quantitative estimate of drug-likeness (QED) is 0.291. The van der Waals surface area contributed by atoms with Crippen molar-refractivity contribution in [3.05, 3.63) is 58.3 Å². The number of furan rings is 1. The molecule has 7 rings (SSSR count). The number of H-pyrrole nitrogens is 1. The highest BCUT2D eigenvalue weighted by Gasteiger charge is 2.41. The summed E-state index contributed by atoms with van der Waals surface area (Å²) in [5, 5.41) is 11.7. The summed E-state index contributed by atoms with van der Waals surface area (Å²) >= 11 is 0. The maximum atomic E-state index is 14.0. The van der Waals surface area contributed by atoms with Crippen LogP contribution < -0.4 is 0 Å². The van der Waals surface area contributed by atoms with E-state index >= 15 is 0 Å². The summed E-state index contributed by atoms with van der Waals surface area (Å²) in [5.41, 5.74) is 2.51. The summed E-state index contributed by atoms with van der Waals surface area (Å²) in [6, 6.07) is 6.15. The first-order chi connectivity index (χ1) is 16.5. The van der Waals surface area contributed by atoms with Crippen LogP contribution in [0.2, 0.25) is 0 Å². The van der Waals surface area contributed by atoms with Gasteiger partial charge in [0.15, 0.2) is 11.6 Å². The van der Waals surface area contributed by atoms with Crippen molar-refractivity contribution < 1.29 is 13.7 Å². The average molecular weight is 461 g/mol. The van der Waals surface area contributed by atoms with E-state index in [1.165, 1.54) is 37.8 Å². The Kier molecular flexibility index (Phi) is 4.93. The molecule has 174 valence electrons. The minimum absolute atomic E-state index is 0.305. The second kappa shape index (κ2) is 8.00. The lowest BCUT2D eigenvalue weighted by Gasteiger charge is -2.47. The lowest BCUT2D eigenvalue weighted by atomic mass is 9.58. The van der Waals surface area contributed by atoms with Crippen LogP contribution in [0.25, 0.3) is 33.9 Å². The topological polar surface area (TPSA) is 111 Å². The van der Waals surface area contributed by atoms with Gasteiger partial charge in [-0.2, -0.15) is 0 Å². The van der Waals surface area contributed by atoms with E-state index in [9.17, 15) is 14.5 Å². The molecular weight excluding hydrogens is 437 g/mol. The number of hydrogen-bond acceptors (Lipinski definition) is 6. The number of nitrogens with one attached hydrogen (secondary N) is 1. The van der Waals surface area contributed by atoms with Crippen LogP contribution in [0.15, 0.2) is 41.1 Å². The third kappa shape index (κ3) is 3.55. The van der Waals surface area contributed by atoms with Gasteiger partial charge in [-0.25, -0.2) is 19.3 Å². The Labute approximate surface area is 194 Å². The zero-order chi connectivity index (χ0) is 23.4. The smallest absolute Gasteiger partial charge is 0.399 e. The summed E-state index contributed by atoms with van der Waals surface area (Å²) < 4.78 is 19.4. The van der Waals surface area contributed by atoms with Gasteiger partial charge in [-0.1, -0.05) is 6.92 Å². The van der Waals surface area contributed by atoms with Crippen LogP contribution in [0.4, 0.5) is 10.3 Å². The third-order valence-electron chi connectivity index (χ3n) is 7.83. The highest BCUT2D eigenvalue weighted by molar-refractivity contribution is 5.91. The van der Waals surface area contributed by atoms with Crippen LogP contribution in [0, 0.1) is 39.6 Å². The van der Waals surface area contributed by atoms with Crippen LogP contribution in [0.1, 0.15) is 38.3 Å². The Bertz CT molecular complexity index is 1390. The van der Waals surface area contributed by atoms with Gasteiger partial charge in [0.25, 0.3) is 0 Å². The van der Waals surface area contributed by atoms with E-state index in [4.69, 9.17) is 9.40 Å². The Morgan fingerprint density at radius 3 is 2.71 bits per heavy atom. The van der Waals surface area contributed by atoms with Gasteiger partial charge in [0.2, 0.25) is 0 Å². The maximum absolute atomic E-state index is 14.0.